The van der Waals surface area contributed by atoms with Crippen molar-refractivity contribution in [2.75, 3.05) is 20.1 Å². The molecule has 2 aromatic heterocycles. The van der Waals surface area contributed by atoms with E-state index in [1.807, 2.05) is 10.3 Å². The molecule has 7 heteroatoms. The Balaban J connectivity index is 1.54. The first-order valence-corrected chi connectivity index (χ1v) is 9.35. The van der Waals surface area contributed by atoms with Crippen molar-refractivity contribution in [3.8, 4) is 10.7 Å². The van der Waals surface area contributed by atoms with Crippen LogP contribution < -0.4 is 0 Å². The van der Waals surface area contributed by atoms with E-state index in [1.54, 1.807) is 18.6 Å². The van der Waals surface area contributed by atoms with Gasteiger partial charge in [0.15, 0.2) is 0 Å². The van der Waals surface area contributed by atoms with Crippen molar-refractivity contribution in [2.24, 2.45) is 0 Å². The van der Waals surface area contributed by atoms with E-state index in [1.165, 1.54) is 24.2 Å². The van der Waals surface area contributed by atoms with Gasteiger partial charge in [0, 0.05) is 36.4 Å². The highest BCUT2D eigenvalue weighted by molar-refractivity contribution is 7.13. The second kappa shape index (κ2) is 6.57. The van der Waals surface area contributed by atoms with Crippen molar-refractivity contribution in [1.82, 2.24) is 24.8 Å². The number of amides is 1. The minimum atomic E-state index is 0.0594. The highest BCUT2D eigenvalue weighted by Gasteiger charge is 2.39. The molecule has 2 atom stereocenters. The Hall–Kier alpha value is -1.86. The lowest BCUT2D eigenvalue weighted by Gasteiger charge is -2.32. The molecule has 2 aliphatic heterocycles. The van der Waals surface area contributed by atoms with Crippen LogP contribution in [0.5, 0.6) is 0 Å². The lowest BCUT2D eigenvalue weighted by molar-refractivity contribution is 0.0659. The molecule has 4 heterocycles. The molecule has 4 rings (SSSR count). The monoisotopic (exact) mass is 343 g/mol. The number of likely N-dealkylation sites (N-methyl/N-ethyl adjacent to an activating group) is 1. The minimum absolute atomic E-state index is 0.0594. The van der Waals surface area contributed by atoms with E-state index in [9.17, 15) is 4.79 Å². The molecule has 0 aliphatic carbocycles. The Morgan fingerprint density at radius 3 is 2.79 bits per heavy atom. The third kappa shape index (κ3) is 2.82. The Morgan fingerprint density at radius 1 is 1.21 bits per heavy atom. The average Bonchev–Trinajstić information content (AvgIpc) is 3.35. The predicted octanol–water partition coefficient (Wildman–Crippen LogP) is 2.30. The minimum Gasteiger partial charge on any atom is -0.333 e. The summed E-state index contributed by atoms with van der Waals surface area (Å²) in [6, 6.07) is 0.821. The maximum atomic E-state index is 13.0. The predicted molar refractivity (Wildman–Crippen MR) is 92.9 cm³/mol. The first-order valence-electron chi connectivity index (χ1n) is 8.47. The molecule has 2 fully saturated rings. The Kier molecular flexibility index (Phi) is 4.28. The zero-order valence-corrected chi connectivity index (χ0v) is 14.6. The molecule has 0 aromatic carbocycles. The number of likely N-dealkylation sites (tertiary alicyclic amines) is 2. The Labute approximate surface area is 145 Å². The molecule has 1 amide bonds. The Morgan fingerprint density at radius 2 is 2.04 bits per heavy atom. The summed E-state index contributed by atoms with van der Waals surface area (Å²) < 4.78 is 0. The van der Waals surface area contributed by atoms with E-state index in [0.29, 0.717) is 17.8 Å². The highest BCUT2D eigenvalue weighted by atomic mass is 32.1. The molecule has 24 heavy (non-hydrogen) atoms. The summed E-state index contributed by atoms with van der Waals surface area (Å²) in [6.07, 6.45) is 9.56. The molecule has 126 valence electrons. The summed E-state index contributed by atoms with van der Waals surface area (Å²) in [7, 11) is 2.17. The number of aromatic nitrogens is 3. The molecule has 6 nitrogen and oxygen atoms in total. The van der Waals surface area contributed by atoms with Gasteiger partial charge in [-0.25, -0.2) is 4.98 Å². The van der Waals surface area contributed by atoms with Gasteiger partial charge >= 0.3 is 0 Å². The maximum Gasteiger partial charge on any atom is 0.273 e. The van der Waals surface area contributed by atoms with Gasteiger partial charge in [-0.2, -0.15) is 0 Å². The van der Waals surface area contributed by atoms with Crippen molar-refractivity contribution in [1.29, 1.82) is 0 Å². The van der Waals surface area contributed by atoms with Crippen LogP contribution in [0.2, 0.25) is 0 Å². The average molecular weight is 343 g/mol. The number of hydrogen-bond acceptors (Lipinski definition) is 6. The van der Waals surface area contributed by atoms with Gasteiger partial charge in [-0.3, -0.25) is 14.8 Å². The van der Waals surface area contributed by atoms with E-state index < -0.39 is 0 Å². The topological polar surface area (TPSA) is 62.2 Å². The van der Waals surface area contributed by atoms with Crippen molar-refractivity contribution >= 4 is 17.2 Å². The molecule has 2 saturated heterocycles. The SMILES string of the molecule is CN1CCCC1C1CCCN1C(=O)c1csc(-c2cnccn2)n1. The molecule has 0 saturated carbocycles. The van der Waals surface area contributed by atoms with Crippen LogP contribution in [0, 0.1) is 0 Å². The van der Waals surface area contributed by atoms with Crippen LogP contribution in [0.15, 0.2) is 24.0 Å². The number of rotatable bonds is 3. The van der Waals surface area contributed by atoms with Crippen LogP contribution in [0.3, 0.4) is 0 Å². The summed E-state index contributed by atoms with van der Waals surface area (Å²) in [5.41, 5.74) is 1.25. The summed E-state index contributed by atoms with van der Waals surface area (Å²) in [5, 5.41) is 2.60. The zero-order chi connectivity index (χ0) is 16.5. The van der Waals surface area contributed by atoms with E-state index in [-0.39, 0.29) is 5.91 Å². The first-order chi connectivity index (χ1) is 11.7. The second-order valence-corrected chi connectivity index (χ2v) is 7.38. The Bertz CT molecular complexity index is 719. The van der Waals surface area contributed by atoms with E-state index in [4.69, 9.17) is 0 Å². The fraction of sp³-hybridized carbons (Fsp3) is 0.529. The normalized spacial score (nSPS) is 24.6. The van der Waals surface area contributed by atoms with Crippen molar-refractivity contribution in [3.63, 3.8) is 0 Å². The highest BCUT2D eigenvalue weighted by Crippen LogP contribution is 2.31. The molecular formula is C17H21N5OS. The standard InChI is InChI=1S/C17H21N5OS/c1-21-8-2-4-14(21)15-5-3-9-22(15)17(23)13-11-24-16(20-13)12-10-18-6-7-19-12/h6-7,10-11,14-15H,2-5,8-9H2,1H3. The lowest BCUT2D eigenvalue weighted by atomic mass is 10.0. The third-order valence-corrected chi connectivity index (χ3v) is 5.95. The van der Waals surface area contributed by atoms with Crippen molar-refractivity contribution < 1.29 is 4.79 Å². The molecule has 2 unspecified atom stereocenters. The van der Waals surface area contributed by atoms with Gasteiger partial charge in [0.1, 0.15) is 16.4 Å². The van der Waals surface area contributed by atoms with Crippen LogP contribution in [0.1, 0.15) is 36.2 Å². The molecular weight excluding hydrogens is 322 g/mol. The molecule has 0 N–H and O–H groups in total. The number of hydrogen-bond donors (Lipinski definition) is 0. The summed E-state index contributed by atoms with van der Waals surface area (Å²) >= 11 is 1.45. The molecule has 0 radical (unpaired) electrons. The summed E-state index contributed by atoms with van der Waals surface area (Å²) in [6.45, 7) is 1.97. The molecule has 2 aliphatic rings. The van der Waals surface area contributed by atoms with Gasteiger partial charge < -0.3 is 9.80 Å². The second-order valence-electron chi connectivity index (χ2n) is 6.53. The van der Waals surface area contributed by atoms with Gasteiger partial charge in [-0.15, -0.1) is 11.3 Å². The number of nitrogens with zero attached hydrogens (tertiary/aromatic N) is 5. The van der Waals surface area contributed by atoms with Crippen molar-refractivity contribution in [2.45, 2.75) is 37.8 Å². The smallest absolute Gasteiger partial charge is 0.273 e. The molecule has 0 spiro atoms. The van der Waals surface area contributed by atoms with Crippen LogP contribution in [-0.2, 0) is 0 Å². The molecule has 2 aromatic rings. The zero-order valence-electron chi connectivity index (χ0n) is 13.8. The number of carbonyl (C=O) groups excluding carboxylic acids is 1. The summed E-state index contributed by atoms with van der Waals surface area (Å²) in [4.78, 5) is 30.3. The van der Waals surface area contributed by atoms with Gasteiger partial charge in [-0.1, -0.05) is 0 Å². The van der Waals surface area contributed by atoms with Gasteiger partial charge in [0.25, 0.3) is 5.91 Å². The molecule has 0 bridgehead atoms. The third-order valence-electron chi connectivity index (χ3n) is 5.09. The van der Waals surface area contributed by atoms with Crippen LogP contribution in [0.25, 0.3) is 10.7 Å². The van der Waals surface area contributed by atoms with Gasteiger partial charge in [0.2, 0.25) is 0 Å². The fourth-order valence-electron chi connectivity index (χ4n) is 3.91. The van der Waals surface area contributed by atoms with E-state index >= 15 is 0 Å². The largest absolute Gasteiger partial charge is 0.333 e. The quantitative estimate of drug-likeness (QED) is 0.856. The van der Waals surface area contributed by atoms with E-state index in [2.05, 4.69) is 26.9 Å². The maximum absolute atomic E-state index is 13.0. The number of carbonyl (C=O) groups is 1. The van der Waals surface area contributed by atoms with Crippen LogP contribution in [0.4, 0.5) is 0 Å². The van der Waals surface area contributed by atoms with Gasteiger partial charge in [0.05, 0.1) is 6.20 Å². The fourth-order valence-corrected chi connectivity index (χ4v) is 4.67. The first kappa shape index (κ1) is 15.7. The lowest BCUT2D eigenvalue weighted by Crippen LogP contribution is -2.47. The van der Waals surface area contributed by atoms with Crippen LogP contribution >= 0.6 is 11.3 Å². The van der Waals surface area contributed by atoms with Crippen LogP contribution in [-0.4, -0.2) is 62.9 Å². The number of thiazole rings is 1. The van der Waals surface area contributed by atoms with E-state index in [0.717, 1.165) is 36.6 Å². The summed E-state index contributed by atoms with van der Waals surface area (Å²) in [5.74, 6) is 0.0594. The van der Waals surface area contributed by atoms with Gasteiger partial charge in [-0.05, 0) is 39.3 Å². The van der Waals surface area contributed by atoms with Crippen molar-refractivity contribution in [3.05, 3.63) is 29.7 Å².